The van der Waals surface area contributed by atoms with E-state index in [2.05, 4.69) is 32.3 Å². The predicted octanol–water partition coefficient (Wildman–Crippen LogP) is 7.16. The Balaban J connectivity index is 1.52. The van der Waals surface area contributed by atoms with Crippen LogP contribution in [0.15, 0.2) is 72.1 Å². The molecule has 0 spiro atoms. The lowest BCUT2D eigenvalue weighted by Crippen LogP contribution is -2.12. The highest BCUT2D eigenvalue weighted by molar-refractivity contribution is 6.32. The Hall–Kier alpha value is -4.19. The molecule has 4 rings (SSSR count). The van der Waals surface area contributed by atoms with Crippen molar-refractivity contribution >= 4 is 39.7 Å². The third-order valence-corrected chi connectivity index (χ3v) is 6.05. The lowest BCUT2D eigenvalue weighted by Gasteiger charge is -2.12. The van der Waals surface area contributed by atoms with E-state index in [1.807, 2.05) is 38.1 Å². The van der Waals surface area contributed by atoms with Gasteiger partial charge in [0.25, 0.3) is 0 Å². The summed E-state index contributed by atoms with van der Waals surface area (Å²) >= 11 is 6.49. The summed E-state index contributed by atoms with van der Waals surface area (Å²) in [6, 6.07) is 17.3. The van der Waals surface area contributed by atoms with Gasteiger partial charge in [0.15, 0.2) is 5.71 Å². The quantitative estimate of drug-likeness (QED) is 0.112. The molecule has 1 aromatic heterocycles. The number of nitrogens with one attached hydrogen (secondary N) is 1. The van der Waals surface area contributed by atoms with Crippen LogP contribution in [0.5, 0.6) is 5.75 Å². The van der Waals surface area contributed by atoms with E-state index < -0.39 is 0 Å². The van der Waals surface area contributed by atoms with Crippen LogP contribution in [0.4, 0.5) is 15.9 Å². The molecule has 1 atom stereocenters. The topological polar surface area (TPSA) is 77.9 Å². The number of hydrogen-bond acceptors (Lipinski definition) is 7. The van der Waals surface area contributed by atoms with Crippen molar-refractivity contribution < 1.29 is 18.7 Å². The van der Waals surface area contributed by atoms with Crippen LogP contribution in [0.1, 0.15) is 31.9 Å². The van der Waals surface area contributed by atoms with Crippen LogP contribution in [0.3, 0.4) is 0 Å². The second-order valence-corrected chi connectivity index (χ2v) is 9.43. The Kier molecular flexibility index (Phi) is 10.3. The van der Waals surface area contributed by atoms with E-state index in [0.717, 1.165) is 16.5 Å². The summed E-state index contributed by atoms with van der Waals surface area (Å²) in [7, 11) is 0. The standard InChI is InChI=1S/C31H30ClFN4O3/c1-4-7-28(37-40-18-21(3)17-38-5-2)23-10-12-29-26(15-23)31(35-20-34-29)36-25-11-13-30(27(32)16-25)39-19-22-8-6-9-24(33)14-22/h6,8-16,20-21H,5,17-19H2,1-3H3,(H,34,35,36)/b37-28+/t21-/m1/s1. The molecule has 0 unspecified atom stereocenters. The number of nitrogens with zero attached hydrogens (tertiary/aromatic N) is 3. The van der Waals surface area contributed by atoms with E-state index in [0.29, 0.717) is 53.4 Å². The minimum Gasteiger partial charge on any atom is -0.487 e. The molecule has 0 amide bonds. The molecule has 0 saturated carbocycles. The minimum atomic E-state index is -0.313. The van der Waals surface area contributed by atoms with Crippen molar-refractivity contribution in [1.29, 1.82) is 0 Å². The summed E-state index contributed by atoms with van der Waals surface area (Å²) in [6.45, 7) is 7.63. The van der Waals surface area contributed by atoms with Gasteiger partial charge in [0.1, 0.15) is 36.9 Å². The first-order valence-corrected chi connectivity index (χ1v) is 13.2. The second kappa shape index (κ2) is 14.3. The average molecular weight is 561 g/mol. The summed E-state index contributed by atoms with van der Waals surface area (Å²) in [5.74, 6) is 6.88. The summed E-state index contributed by atoms with van der Waals surface area (Å²) in [5.41, 5.74) is 3.45. The molecule has 0 aliphatic heterocycles. The van der Waals surface area contributed by atoms with E-state index in [1.165, 1.54) is 18.5 Å². The van der Waals surface area contributed by atoms with Crippen LogP contribution in [0.25, 0.3) is 10.9 Å². The van der Waals surface area contributed by atoms with E-state index in [1.54, 1.807) is 31.2 Å². The third-order valence-electron chi connectivity index (χ3n) is 5.75. The van der Waals surface area contributed by atoms with Gasteiger partial charge in [-0.2, -0.15) is 0 Å². The highest BCUT2D eigenvalue weighted by atomic mass is 35.5. The average Bonchev–Trinajstić information content (AvgIpc) is 2.95. The van der Waals surface area contributed by atoms with Gasteiger partial charge < -0.3 is 19.6 Å². The molecular formula is C31H30ClFN4O3. The van der Waals surface area contributed by atoms with Crippen LogP contribution in [-0.4, -0.2) is 35.5 Å². The smallest absolute Gasteiger partial charge is 0.159 e. The summed E-state index contributed by atoms with van der Waals surface area (Å²) in [5, 5.41) is 8.78. The zero-order valence-corrected chi connectivity index (χ0v) is 23.3. The van der Waals surface area contributed by atoms with Gasteiger partial charge in [-0.05, 0) is 73.9 Å². The maximum Gasteiger partial charge on any atom is 0.159 e. The summed E-state index contributed by atoms with van der Waals surface area (Å²) < 4.78 is 24.7. The van der Waals surface area contributed by atoms with Gasteiger partial charge in [-0.25, -0.2) is 14.4 Å². The molecule has 1 N–H and O–H groups in total. The molecule has 1 heterocycles. The van der Waals surface area contributed by atoms with Crippen molar-refractivity contribution in [3.05, 3.63) is 89.0 Å². The third kappa shape index (κ3) is 7.92. The fourth-order valence-corrected chi connectivity index (χ4v) is 4.02. The second-order valence-electron chi connectivity index (χ2n) is 9.02. The predicted molar refractivity (Wildman–Crippen MR) is 157 cm³/mol. The largest absolute Gasteiger partial charge is 0.487 e. The normalized spacial score (nSPS) is 12.0. The van der Waals surface area contributed by atoms with Crippen LogP contribution in [0.2, 0.25) is 5.02 Å². The number of hydrogen-bond donors (Lipinski definition) is 1. The molecule has 0 aliphatic rings. The van der Waals surface area contributed by atoms with Gasteiger partial charge >= 0.3 is 0 Å². The van der Waals surface area contributed by atoms with Gasteiger partial charge in [0.2, 0.25) is 0 Å². The van der Waals surface area contributed by atoms with Gasteiger partial charge in [-0.15, -0.1) is 0 Å². The number of anilines is 2. The number of halogens is 2. The van der Waals surface area contributed by atoms with Gasteiger partial charge in [-0.3, -0.25) is 0 Å². The molecule has 7 nitrogen and oxygen atoms in total. The first kappa shape index (κ1) is 28.8. The lowest BCUT2D eigenvalue weighted by atomic mass is 10.1. The number of benzene rings is 3. The van der Waals surface area contributed by atoms with Crippen molar-refractivity contribution in [3.8, 4) is 17.6 Å². The Morgan fingerprint density at radius 1 is 1.10 bits per heavy atom. The molecule has 0 aliphatic carbocycles. The Morgan fingerprint density at radius 3 is 2.75 bits per heavy atom. The Labute approximate surface area is 238 Å². The fraction of sp³-hybridized carbons (Fsp3) is 0.258. The molecule has 0 radical (unpaired) electrons. The molecule has 3 aromatic carbocycles. The number of aromatic nitrogens is 2. The molecule has 0 fully saturated rings. The van der Waals surface area contributed by atoms with Gasteiger partial charge in [0, 0.05) is 29.2 Å². The minimum absolute atomic E-state index is 0.198. The Bertz CT molecular complexity index is 1550. The SMILES string of the molecule is CC#C/C(=N\OC[C@H](C)COCC)c1ccc2ncnc(Nc3ccc(OCc4cccc(F)c4)c(Cl)c3)c2c1. The first-order valence-electron chi connectivity index (χ1n) is 12.9. The van der Waals surface area contributed by atoms with E-state index in [4.69, 9.17) is 25.9 Å². The maximum atomic E-state index is 13.4. The molecule has 9 heteroatoms. The van der Waals surface area contributed by atoms with Gasteiger partial charge in [-0.1, -0.05) is 41.7 Å². The van der Waals surface area contributed by atoms with Gasteiger partial charge in [0.05, 0.1) is 17.1 Å². The van der Waals surface area contributed by atoms with Crippen LogP contribution < -0.4 is 10.1 Å². The lowest BCUT2D eigenvalue weighted by molar-refractivity contribution is 0.0534. The summed E-state index contributed by atoms with van der Waals surface area (Å²) in [4.78, 5) is 14.4. The maximum absolute atomic E-state index is 13.4. The highest BCUT2D eigenvalue weighted by Crippen LogP contribution is 2.31. The number of rotatable bonds is 12. The fourth-order valence-electron chi connectivity index (χ4n) is 3.79. The molecule has 40 heavy (non-hydrogen) atoms. The van der Waals surface area contributed by atoms with E-state index >= 15 is 0 Å². The summed E-state index contributed by atoms with van der Waals surface area (Å²) in [6.07, 6.45) is 1.49. The molecule has 206 valence electrons. The Morgan fingerprint density at radius 2 is 1.98 bits per heavy atom. The van der Waals surface area contributed by atoms with Crippen molar-refractivity contribution in [2.75, 3.05) is 25.1 Å². The molecular weight excluding hydrogens is 531 g/mol. The van der Waals surface area contributed by atoms with Crippen LogP contribution >= 0.6 is 11.6 Å². The number of ether oxygens (including phenoxy) is 2. The van der Waals surface area contributed by atoms with Crippen molar-refractivity contribution in [3.63, 3.8) is 0 Å². The van der Waals surface area contributed by atoms with E-state index in [9.17, 15) is 4.39 Å². The van der Waals surface area contributed by atoms with Crippen molar-refractivity contribution in [1.82, 2.24) is 9.97 Å². The molecule has 0 bridgehead atoms. The van der Waals surface area contributed by atoms with Crippen molar-refractivity contribution in [2.45, 2.75) is 27.4 Å². The number of fused-ring (bicyclic) bond motifs is 1. The van der Waals surface area contributed by atoms with Crippen LogP contribution in [-0.2, 0) is 16.2 Å². The molecule has 4 aromatic rings. The zero-order chi connectivity index (χ0) is 28.3. The molecule has 0 saturated heterocycles. The number of oxime groups is 1. The zero-order valence-electron chi connectivity index (χ0n) is 22.6. The van der Waals surface area contributed by atoms with Crippen LogP contribution in [0, 0.1) is 23.6 Å². The highest BCUT2D eigenvalue weighted by Gasteiger charge is 2.11. The van der Waals surface area contributed by atoms with E-state index in [-0.39, 0.29) is 18.3 Å². The van der Waals surface area contributed by atoms with Crippen molar-refractivity contribution in [2.24, 2.45) is 11.1 Å². The first-order chi connectivity index (χ1) is 19.5. The monoisotopic (exact) mass is 560 g/mol.